The number of carbonyl (C=O) groups excluding carboxylic acids is 1. The third-order valence-electron chi connectivity index (χ3n) is 7.40. The molecule has 6 rings (SSSR count). The molecule has 1 saturated heterocycles. The summed E-state index contributed by atoms with van der Waals surface area (Å²) in [5.41, 5.74) is 7.45. The summed E-state index contributed by atoms with van der Waals surface area (Å²) < 4.78 is 0. The fraction of sp³-hybridized carbons (Fsp3) is 0.176. The normalized spacial score (nSPS) is 13.6. The van der Waals surface area contributed by atoms with Crippen LogP contribution in [0.4, 0.5) is 11.5 Å². The number of carbonyl (C=O) groups is 1. The van der Waals surface area contributed by atoms with E-state index in [1.807, 2.05) is 85.1 Å². The van der Waals surface area contributed by atoms with Crippen LogP contribution < -0.4 is 10.2 Å². The van der Waals surface area contributed by atoms with Gasteiger partial charge in [-0.15, -0.1) is 0 Å². The van der Waals surface area contributed by atoms with Crippen LogP contribution in [0.1, 0.15) is 16.7 Å². The van der Waals surface area contributed by atoms with E-state index in [1.165, 1.54) is 0 Å². The van der Waals surface area contributed by atoms with Gasteiger partial charge in [-0.2, -0.15) is 5.26 Å². The maximum absolute atomic E-state index is 12.4. The Kier molecular flexibility index (Phi) is 7.65. The first-order chi connectivity index (χ1) is 20.1. The number of hydrogen-bond donors (Lipinski definition) is 1. The molecule has 0 bridgehead atoms. The summed E-state index contributed by atoms with van der Waals surface area (Å²) in [4.78, 5) is 26.8. The molecule has 4 aromatic carbocycles. The Morgan fingerprint density at radius 2 is 1.56 bits per heavy atom. The van der Waals surface area contributed by atoms with Gasteiger partial charge in [0.05, 0.1) is 35.3 Å². The highest BCUT2D eigenvalue weighted by molar-refractivity contribution is 5.92. The summed E-state index contributed by atoms with van der Waals surface area (Å²) in [6.45, 7) is 4.42. The topological polar surface area (TPSA) is 85.2 Å². The van der Waals surface area contributed by atoms with Gasteiger partial charge in [0.1, 0.15) is 5.82 Å². The largest absolute Gasteiger partial charge is 0.353 e. The first-order valence-corrected chi connectivity index (χ1v) is 13.8. The molecule has 1 fully saturated rings. The highest BCUT2D eigenvalue weighted by atomic mass is 16.1. The zero-order chi connectivity index (χ0) is 28.0. The van der Waals surface area contributed by atoms with Crippen molar-refractivity contribution >= 4 is 28.4 Å². The van der Waals surface area contributed by atoms with Gasteiger partial charge < -0.3 is 10.2 Å². The minimum absolute atomic E-state index is 0.0357. The van der Waals surface area contributed by atoms with Crippen LogP contribution >= 0.6 is 0 Å². The molecule has 41 heavy (non-hydrogen) atoms. The van der Waals surface area contributed by atoms with E-state index in [0.29, 0.717) is 12.0 Å². The van der Waals surface area contributed by atoms with Crippen LogP contribution in [0.15, 0.2) is 103 Å². The first-order valence-electron chi connectivity index (χ1n) is 13.8. The number of piperazine rings is 1. The first kappa shape index (κ1) is 26.2. The van der Waals surface area contributed by atoms with Crippen molar-refractivity contribution in [2.24, 2.45) is 0 Å². The fourth-order valence-electron chi connectivity index (χ4n) is 5.20. The molecule has 1 N–H and O–H groups in total. The minimum atomic E-state index is -0.0357. The number of aromatic nitrogens is 2. The predicted octanol–water partition coefficient (Wildman–Crippen LogP) is 5.67. The quantitative estimate of drug-likeness (QED) is 0.287. The molecule has 1 aromatic heterocycles. The fourth-order valence-corrected chi connectivity index (χ4v) is 5.20. The lowest BCUT2D eigenvalue weighted by Gasteiger charge is -2.35. The van der Waals surface area contributed by atoms with Gasteiger partial charge in [-0.1, -0.05) is 60.7 Å². The van der Waals surface area contributed by atoms with E-state index in [-0.39, 0.29) is 5.91 Å². The summed E-state index contributed by atoms with van der Waals surface area (Å²) in [6.07, 6.45) is 2.21. The average Bonchev–Trinajstić information content (AvgIpc) is 3.02. The van der Waals surface area contributed by atoms with E-state index in [0.717, 1.165) is 77.5 Å². The van der Waals surface area contributed by atoms with Crippen LogP contribution in [-0.4, -0.2) is 47.0 Å². The summed E-state index contributed by atoms with van der Waals surface area (Å²) in [5.74, 6) is 0.851. The van der Waals surface area contributed by atoms with Crippen molar-refractivity contribution < 1.29 is 4.79 Å². The molecule has 7 heteroatoms. The van der Waals surface area contributed by atoms with Crippen molar-refractivity contribution in [3.8, 4) is 17.2 Å². The smallest absolute Gasteiger partial charge is 0.228 e. The molecule has 0 aliphatic carbocycles. The zero-order valence-electron chi connectivity index (χ0n) is 22.7. The Labute approximate surface area is 239 Å². The van der Waals surface area contributed by atoms with Gasteiger partial charge in [0.15, 0.2) is 0 Å². The molecule has 0 unspecified atom stereocenters. The molecular formula is C34H30N6O. The van der Waals surface area contributed by atoms with Crippen LogP contribution in [0.5, 0.6) is 0 Å². The molecule has 2 heterocycles. The number of nitrogens with one attached hydrogen (secondary N) is 1. The second-order valence-electron chi connectivity index (χ2n) is 10.3. The molecule has 1 aliphatic heterocycles. The summed E-state index contributed by atoms with van der Waals surface area (Å²) in [6, 6.07) is 33.8. The highest BCUT2D eigenvalue weighted by Gasteiger charge is 2.19. The summed E-state index contributed by atoms with van der Waals surface area (Å²) in [5, 5.41) is 12.2. The van der Waals surface area contributed by atoms with Gasteiger partial charge in [0.2, 0.25) is 5.91 Å². The predicted molar refractivity (Wildman–Crippen MR) is 162 cm³/mol. The van der Waals surface area contributed by atoms with Crippen LogP contribution in [-0.2, 0) is 17.8 Å². The third kappa shape index (κ3) is 6.40. The molecule has 0 radical (unpaired) electrons. The third-order valence-corrected chi connectivity index (χ3v) is 7.40. The van der Waals surface area contributed by atoms with E-state index in [9.17, 15) is 10.1 Å². The number of rotatable bonds is 7. The molecule has 1 amide bonds. The van der Waals surface area contributed by atoms with E-state index in [4.69, 9.17) is 4.98 Å². The molecule has 5 aromatic rings. The summed E-state index contributed by atoms with van der Waals surface area (Å²) in [7, 11) is 0. The maximum Gasteiger partial charge on any atom is 0.228 e. The van der Waals surface area contributed by atoms with Crippen LogP contribution in [0.3, 0.4) is 0 Å². The van der Waals surface area contributed by atoms with E-state index >= 15 is 0 Å². The SMILES string of the molecule is N#Cc1cccc(CN2CCN(c3cnc4ccc(-c5ccc(NC(=O)Cc6ccccc6)cc5)cc4n3)CC2)c1. The van der Waals surface area contributed by atoms with Gasteiger partial charge in [-0.3, -0.25) is 14.7 Å². The second-order valence-corrected chi connectivity index (χ2v) is 10.3. The van der Waals surface area contributed by atoms with Crippen LogP contribution in [0, 0.1) is 11.3 Å². The number of hydrogen-bond acceptors (Lipinski definition) is 6. The molecule has 0 spiro atoms. The number of anilines is 2. The van der Waals surface area contributed by atoms with Crippen molar-refractivity contribution in [2.75, 3.05) is 36.4 Å². The van der Waals surface area contributed by atoms with Crippen molar-refractivity contribution in [3.05, 3.63) is 120 Å². The molecule has 7 nitrogen and oxygen atoms in total. The van der Waals surface area contributed by atoms with E-state index in [1.54, 1.807) is 0 Å². The van der Waals surface area contributed by atoms with Crippen molar-refractivity contribution in [2.45, 2.75) is 13.0 Å². The number of fused-ring (bicyclic) bond motifs is 1. The highest BCUT2D eigenvalue weighted by Crippen LogP contribution is 2.26. The molecular weight excluding hydrogens is 508 g/mol. The van der Waals surface area contributed by atoms with Crippen molar-refractivity contribution in [1.82, 2.24) is 14.9 Å². The Morgan fingerprint density at radius 1 is 0.805 bits per heavy atom. The van der Waals surface area contributed by atoms with Crippen molar-refractivity contribution in [1.29, 1.82) is 5.26 Å². The van der Waals surface area contributed by atoms with Gasteiger partial charge in [0.25, 0.3) is 0 Å². The maximum atomic E-state index is 12.4. The number of amides is 1. The number of benzene rings is 4. The van der Waals surface area contributed by atoms with Gasteiger partial charge >= 0.3 is 0 Å². The lowest BCUT2D eigenvalue weighted by Crippen LogP contribution is -2.46. The lowest BCUT2D eigenvalue weighted by molar-refractivity contribution is -0.115. The van der Waals surface area contributed by atoms with Gasteiger partial charge in [0, 0.05) is 38.4 Å². The van der Waals surface area contributed by atoms with Crippen LogP contribution in [0.25, 0.3) is 22.2 Å². The van der Waals surface area contributed by atoms with Gasteiger partial charge in [-0.25, -0.2) is 4.98 Å². The summed E-state index contributed by atoms with van der Waals surface area (Å²) >= 11 is 0. The zero-order valence-corrected chi connectivity index (χ0v) is 22.7. The Hall–Kier alpha value is -5.06. The van der Waals surface area contributed by atoms with Crippen LogP contribution in [0.2, 0.25) is 0 Å². The Bertz CT molecular complexity index is 1700. The standard InChI is InChI=1S/C34H30N6O/c35-22-26-7-4-8-27(19-26)24-39-15-17-40(18-16-39)33-23-36-31-14-11-29(21-32(31)38-33)28-9-12-30(13-10-28)37-34(41)20-25-5-2-1-3-6-25/h1-14,19,21,23H,15-18,20,24H2,(H,37,41). The van der Waals surface area contributed by atoms with Gasteiger partial charge in [-0.05, 0) is 58.7 Å². The Morgan fingerprint density at radius 3 is 2.34 bits per heavy atom. The average molecular weight is 539 g/mol. The molecule has 0 saturated carbocycles. The minimum Gasteiger partial charge on any atom is -0.353 e. The lowest BCUT2D eigenvalue weighted by atomic mass is 10.0. The molecule has 1 aliphatic rings. The number of nitrogens with zero attached hydrogens (tertiary/aromatic N) is 5. The number of nitriles is 1. The molecule has 0 atom stereocenters. The van der Waals surface area contributed by atoms with E-state index in [2.05, 4.69) is 44.4 Å². The second kappa shape index (κ2) is 12.0. The van der Waals surface area contributed by atoms with E-state index < -0.39 is 0 Å². The monoisotopic (exact) mass is 538 g/mol. The Balaban J connectivity index is 1.10. The molecule has 202 valence electrons. The van der Waals surface area contributed by atoms with Crippen molar-refractivity contribution in [3.63, 3.8) is 0 Å².